The number of hydrogen-bond donors (Lipinski definition) is 1. The molecule has 14 heteroatoms. The quantitative estimate of drug-likeness (QED) is 0.168. The molecule has 8 rings (SSSR count). The van der Waals surface area contributed by atoms with Crippen LogP contribution in [0.4, 0.5) is 5.82 Å². The molecule has 0 saturated heterocycles. The number of nitrogens with one attached hydrogen (secondary N) is 1. The van der Waals surface area contributed by atoms with Gasteiger partial charge in [0.05, 0.1) is 20.8 Å². The second-order valence-corrected chi connectivity index (χ2v) is 13.9. The van der Waals surface area contributed by atoms with Crippen LogP contribution in [0.1, 0.15) is 15.3 Å². The third-order valence-corrected chi connectivity index (χ3v) is 10.6. The minimum Gasteiger partial charge on any atom is -0.454 e. The van der Waals surface area contributed by atoms with Gasteiger partial charge in [-0.2, -0.15) is 0 Å². The second-order valence-electron chi connectivity index (χ2n) is 10.3. The van der Waals surface area contributed by atoms with E-state index >= 15 is 0 Å². The molecule has 236 valence electrons. The van der Waals surface area contributed by atoms with Crippen molar-refractivity contribution in [1.29, 1.82) is 0 Å². The maximum atomic E-state index is 6.55. The number of thiophene rings is 2. The molecule has 0 amide bonds. The van der Waals surface area contributed by atoms with Gasteiger partial charge in [-0.1, -0.05) is 53.0 Å². The van der Waals surface area contributed by atoms with Gasteiger partial charge in [-0.05, 0) is 62.2 Å². The molecule has 1 aliphatic rings. The monoisotopic (exact) mass is 719 g/mol. The molecule has 1 aliphatic heterocycles. The van der Waals surface area contributed by atoms with E-state index in [1.165, 1.54) is 11.3 Å². The standard InChI is InChI=1S/C21H17ClN4O2S.C12H7Cl2N3S/c1-12-18(22)17-20(24-9-7-13-5-6-15-16(10-13)28-11-27-15)25-19(26-21(17)29-12)14-4-2-3-8-23-14;1-6-9(13)8-10(14)16-11(17-12(8)18-6)7-4-2-3-5-15-7/h2-6,8,10H,7,9,11H2,1H3,(H,24,25,26);2-5H,1H3. The van der Waals surface area contributed by atoms with E-state index in [0.717, 1.165) is 65.2 Å². The number of hydrogen-bond acceptors (Lipinski definition) is 11. The summed E-state index contributed by atoms with van der Waals surface area (Å²) in [5.41, 5.74) is 2.59. The summed E-state index contributed by atoms with van der Waals surface area (Å²) in [7, 11) is 0. The second kappa shape index (κ2) is 13.5. The van der Waals surface area contributed by atoms with Crippen molar-refractivity contribution < 1.29 is 9.47 Å². The fourth-order valence-electron chi connectivity index (χ4n) is 4.88. The van der Waals surface area contributed by atoms with E-state index in [9.17, 15) is 0 Å². The largest absolute Gasteiger partial charge is 0.454 e. The summed E-state index contributed by atoms with van der Waals surface area (Å²) < 4.78 is 10.8. The number of anilines is 1. The van der Waals surface area contributed by atoms with Crippen molar-refractivity contribution in [3.05, 3.63) is 97.5 Å². The SMILES string of the molecule is Cc1sc2nc(-c3ccccn3)nc(Cl)c2c1Cl.Cc1sc2nc(-c3ccccn3)nc(NCCc3ccc4c(c3)OCO4)c2c1Cl. The molecule has 9 nitrogen and oxygen atoms in total. The van der Waals surface area contributed by atoms with E-state index in [0.29, 0.717) is 39.1 Å². The molecule has 1 N–H and O–H groups in total. The highest BCUT2D eigenvalue weighted by molar-refractivity contribution is 7.19. The molecule has 47 heavy (non-hydrogen) atoms. The fraction of sp³-hybridized carbons (Fsp3) is 0.152. The van der Waals surface area contributed by atoms with Crippen LogP contribution in [0, 0.1) is 13.8 Å². The van der Waals surface area contributed by atoms with Crippen LogP contribution in [0.3, 0.4) is 0 Å². The van der Waals surface area contributed by atoms with Gasteiger partial charge in [0.1, 0.15) is 32.0 Å². The zero-order chi connectivity index (χ0) is 32.5. The van der Waals surface area contributed by atoms with Crippen molar-refractivity contribution in [2.45, 2.75) is 20.3 Å². The van der Waals surface area contributed by atoms with Crippen LogP contribution in [0.5, 0.6) is 11.5 Å². The van der Waals surface area contributed by atoms with E-state index in [1.807, 2.05) is 68.4 Å². The Bertz CT molecular complexity index is 2230. The first-order valence-corrected chi connectivity index (χ1v) is 17.2. The molecule has 7 aromatic rings. The van der Waals surface area contributed by atoms with Crippen LogP contribution in [0.15, 0.2) is 67.0 Å². The lowest BCUT2D eigenvalue weighted by molar-refractivity contribution is 0.174. The predicted molar refractivity (Wildman–Crippen MR) is 191 cm³/mol. The maximum absolute atomic E-state index is 6.55. The van der Waals surface area contributed by atoms with Crippen molar-refractivity contribution in [2.75, 3.05) is 18.7 Å². The fourth-order valence-corrected chi connectivity index (χ4v) is 7.78. The Morgan fingerprint density at radius 2 is 1.34 bits per heavy atom. The molecule has 7 heterocycles. The number of aromatic nitrogens is 6. The lowest BCUT2D eigenvalue weighted by Crippen LogP contribution is -2.08. The van der Waals surface area contributed by atoms with E-state index in [-0.39, 0.29) is 6.79 Å². The normalized spacial score (nSPS) is 11.9. The lowest BCUT2D eigenvalue weighted by atomic mass is 10.1. The molecular formula is C33H24Cl3N7O2S2. The summed E-state index contributed by atoms with van der Waals surface area (Å²) in [6.45, 7) is 4.90. The molecule has 0 spiro atoms. The van der Waals surface area contributed by atoms with Crippen LogP contribution in [-0.2, 0) is 6.42 Å². The van der Waals surface area contributed by atoms with Crippen LogP contribution in [-0.4, -0.2) is 43.2 Å². The molecular weight excluding hydrogens is 697 g/mol. The van der Waals surface area contributed by atoms with Gasteiger partial charge in [0, 0.05) is 28.7 Å². The number of ether oxygens (including phenoxy) is 2. The first kappa shape index (κ1) is 31.5. The summed E-state index contributed by atoms with van der Waals surface area (Å²) in [4.78, 5) is 30.4. The minimum absolute atomic E-state index is 0.280. The Labute approximate surface area is 292 Å². The summed E-state index contributed by atoms with van der Waals surface area (Å²) in [6, 6.07) is 17.3. The van der Waals surface area contributed by atoms with Gasteiger partial charge in [0.15, 0.2) is 23.1 Å². The van der Waals surface area contributed by atoms with E-state index in [4.69, 9.17) is 49.3 Å². The van der Waals surface area contributed by atoms with Crippen molar-refractivity contribution >= 4 is 83.7 Å². The smallest absolute Gasteiger partial charge is 0.231 e. The molecule has 0 aliphatic carbocycles. The van der Waals surface area contributed by atoms with Gasteiger partial charge in [-0.25, -0.2) is 19.9 Å². The molecule has 0 atom stereocenters. The zero-order valence-corrected chi connectivity index (χ0v) is 28.8. The molecule has 0 unspecified atom stereocenters. The van der Waals surface area contributed by atoms with Gasteiger partial charge in [0.25, 0.3) is 0 Å². The van der Waals surface area contributed by atoms with E-state index in [2.05, 4.69) is 30.2 Å². The van der Waals surface area contributed by atoms with Gasteiger partial charge in [0.2, 0.25) is 6.79 Å². The molecule has 1 aromatic carbocycles. The summed E-state index contributed by atoms with van der Waals surface area (Å²) >= 11 is 22.0. The first-order chi connectivity index (χ1) is 22.9. The number of rotatable bonds is 6. The maximum Gasteiger partial charge on any atom is 0.231 e. The van der Waals surface area contributed by atoms with Gasteiger partial charge >= 0.3 is 0 Å². The third-order valence-electron chi connectivity index (χ3n) is 7.20. The summed E-state index contributed by atoms with van der Waals surface area (Å²) in [5, 5.41) is 6.72. The highest BCUT2D eigenvalue weighted by atomic mass is 35.5. The molecule has 0 saturated carbocycles. The highest BCUT2D eigenvalue weighted by Crippen LogP contribution is 2.39. The summed E-state index contributed by atoms with van der Waals surface area (Å²) in [6.07, 6.45) is 4.24. The van der Waals surface area contributed by atoms with E-state index in [1.54, 1.807) is 23.7 Å². The third kappa shape index (κ3) is 6.54. The molecule has 0 bridgehead atoms. The lowest BCUT2D eigenvalue weighted by Gasteiger charge is -2.10. The average molecular weight is 721 g/mol. The van der Waals surface area contributed by atoms with Crippen molar-refractivity contribution in [2.24, 2.45) is 0 Å². The Morgan fingerprint density at radius 3 is 2.00 bits per heavy atom. The number of halogens is 3. The van der Waals surface area contributed by atoms with Crippen LogP contribution in [0.2, 0.25) is 15.2 Å². The molecule has 0 radical (unpaired) electrons. The topological polar surface area (TPSA) is 108 Å². The van der Waals surface area contributed by atoms with Gasteiger partial charge in [-0.3, -0.25) is 9.97 Å². The zero-order valence-electron chi connectivity index (χ0n) is 24.9. The Hall–Kier alpha value is -4.13. The van der Waals surface area contributed by atoms with Gasteiger partial charge in [-0.15, -0.1) is 22.7 Å². The number of fused-ring (bicyclic) bond motifs is 3. The minimum atomic E-state index is 0.280. The van der Waals surface area contributed by atoms with Crippen molar-refractivity contribution in [3.8, 4) is 34.5 Å². The number of aryl methyl sites for hydroxylation is 2. The van der Waals surface area contributed by atoms with Crippen molar-refractivity contribution in [3.63, 3.8) is 0 Å². The van der Waals surface area contributed by atoms with E-state index < -0.39 is 0 Å². The Balaban J connectivity index is 0.000000167. The average Bonchev–Trinajstić information content (AvgIpc) is 3.76. The Morgan fingerprint density at radius 1 is 0.723 bits per heavy atom. The van der Waals surface area contributed by atoms with Crippen LogP contribution < -0.4 is 14.8 Å². The number of pyridine rings is 2. The van der Waals surface area contributed by atoms with Crippen molar-refractivity contribution in [1.82, 2.24) is 29.9 Å². The molecule has 0 fully saturated rings. The Kier molecular flexibility index (Phi) is 9.07. The van der Waals surface area contributed by atoms with Crippen LogP contribution >= 0.6 is 57.5 Å². The summed E-state index contributed by atoms with van der Waals surface area (Å²) in [5.74, 6) is 3.42. The predicted octanol–water partition coefficient (Wildman–Crippen LogP) is 9.47. The van der Waals surface area contributed by atoms with Crippen LogP contribution in [0.25, 0.3) is 43.5 Å². The number of benzene rings is 1. The highest BCUT2D eigenvalue weighted by Gasteiger charge is 2.18. The number of nitrogens with zero attached hydrogens (tertiary/aromatic N) is 6. The first-order valence-electron chi connectivity index (χ1n) is 14.4. The molecule has 6 aromatic heterocycles. The van der Waals surface area contributed by atoms with Gasteiger partial charge < -0.3 is 14.8 Å².